The molecule has 0 saturated carbocycles. The normalized spacial score (nSPS) is 24.8. The van der Waals surface area contributed by atoms with Gasteiger partial charge in [-0.1, -0.05) is 18.2 Å². The molecule has 0 radical (unpaired) electrons. The summed E-state index contributed by atoms with van der Waals surface area (Å²) >= 11 is 0. The van der Waals surface area contributed by atoms with Crippen molar-refractivity contribution in [1.29, 1.82) is 0 Å². The molecule has 2 saturated heterocycles. The molecule has 1 aromatic carbocycles. The van der Waals surface area contributed by atoms with E-state index in [0.717, 1.165) is 24.2 Å². The SMILES string of the molecule is CCOC(=O)[C@]12CCCC=C1N(Cc1ccc(OC)cc1)C(=O)[C@@H]2CC(=O)N1CCOCC1. The summed E-state index contributed by atoms with van der Waals surface area (Å²) in [6, 6.07) is 7.52. The molecule has 2 aliphatic heterocycles. The molecule has 4 rings (SSSR count). The number of amides is 2. The highest BCUT2D eigenvalue weighted by molar-refractivity contribution is 5.99. The number of rotatable bonds is 7. The van der Waals surface area contributed by atoms with Crippen LogP contribution in [-0.4, -0.2) is 67.6 Å². The minimum atomic E-state index is -1.11. The molecule has 0 unspecified atom stereocenters. The second-order valence-electron chi connectivity index (χ2n) is 8.70. The summed E-state index contributed by atoms with van der Waals surface area (Å²) < 4.78 is 16.1. The minimum Gasteiger partial charge on any atom is -0.497 e. The van der Waals surface area contributed by atoms with Crippen molar-refractivity contribution >= 4 is 17.8 Å². The van der Waals surface area contributed by atoms with Gasteiger partial charge in [0, 0.05) is 25.2 Å². The Labute approximate surface area is 194 Å². The van der Waals surface area contributed by atoms with Crippen LogP contribution in [0.2, 0.25) is 0 Å². The van der Waals surface area contributed by atoms with E-state index >= 15 is 0 Å². The van der Waals surface area contributed by atoms with E-state index in [-0.39, 0.29) is 24.8 Å². The Morgan fingerprint density at radius 2 is 1.91 bits per heavy atom. The highest BCUT2D eigenvalue weighted by Crippen LogP contribution is 2.54. The Balaban J connectivity index is 1.67. The summed E-state index contributed by atoms with van der Waals surface area (Å²) in [5.74, 6) is -0.735. The van der Waals surface area contributed by atoms with E-state index < -0.39 is 17.3 Å². The zero-order chi connectivity index (χ0) is 23.4. The predicted molar refractivity (Wildman–Crippen MR) is 120 cm³/mol. The van der Waals surface area contributed by atoms with Crippen molar-refractivity contribution < 1.29 is 28.6 Å². The molecule has 2 amide bonds. The maximum Gasteiger partial charge on any atom is 0.318 e. The van der Waals surface area contributed by atoms with Crippen LogP contribution in [0, 0.1) is 11.3 Å². The number of fused-ring (bicyclic) bond motifs is 1. The Hall–Kier alpha value is -2.87. The van der Waals surface area contributed by atoms with Gasteiger partial charge >= 0.3 is 5.97 Å². The summed E-state index contributed by atoms with van der Waals surface area (Å²) in [5.41, 5.74) is 0.501. The maximum atomic E-state index is 13.8. The Morgan fingerprint density at radius 3 is 2.58 bits per heavy atom. The molecule has 0 aromatic heterocycles. The van der Waals surface area contributed by atoms with Crippen LogP contribution in [0.3, 0.4) is 0 Å². The van der Waals surface area contributed by atoms with Gasteiger partial charge in [0.1, 0.15) is 11.2 Å². The molecule has 2 atom stereocenters. The lowest BCUT2D eigenvalue weighted by molar-refractivity contribution is -0.159. The van der Waals surface area contributed by atoms with Crippen molar-refractivity contribution in [3.63, 3.8) is 0 Å². The Bertz CT molecular complexity index is 921. The van der Waals surface area contributed by atoms with Crippen LogP contribution >= 0.6 is 0 Å². The van der Waals surface area contributed by atoms with Crippen LogP contribution in [0.4, 0.5) is 0 Å². The lowest BCUT2D eigenvalue weighted by atomic mass is 9.68. The van der Waals surface area contributed by atoms with Gasteiger partial charge in [-0.25, -0.2) is 0 Å². The van der Waals surface area contributed by atoms with Gasteiger partial charge in [0.2, 0.25) is 11.8 Å². The van der Waals surface area contributed by atoms with Crippen LogP contribution in [0.25, 0.3) is 0 Å². The molecule has 8 heteroatoms. The zero-order valence-electron chi connectivity index (χ0n) is 19.4. The molecule has 1 aromatic rings. The molecule has 33 heavy (non-hydrogen) atoms. The van der Waals surface area contributed by atoms with Crippen LogP contribution < -0.4 is 4.74 Å². The Kier molecular flexibility index (Phi) is 7.02. The smallest absolute Gasteiger partial charge is 0.318 e. The second kappa shape index (κ2) is 9.95. The number of likely N-dealkylation sites (tertiary alicyclic amines) is 1. The number of morpholine rings is 1. The second-order valence-corrected chi connectivity index (χ2v) is 8.70. The van der Waals surface area contributed by atoms with E-state index in [4.69, 9.17) is 14.2 Å². The topological polar surface area (TPSA) is 85.4 Å². The number of esters is 1. The van der Waals surface area contributed by atoms with Gasteiger partial charge in [-0.15, -0.1) is 0 Å². The molecule has 3 aliphatic rings. The summed E-state index contributed by atoms with van der Waals surface area (Å²) in [5, 5.41) is 0. The highest BCUT2D eigenvalue weighted by Gasteiger charge is 2.62. The molecule has 0 N–H and O–H groups in total. The number of benzene rings is 1. The van der Waals surface area contributed by atoms with Crippen molar-refractivity contribution in [2.24, 2.45) is 11.3 Å². The lowest BCUT2D eigenvalue weighted by Crippen LogP contribution is -2.46. The number of methoxy groups -OCH3 is 1. The van der Waals surface area contributed by atoms with E-state index in [9.17, 15) is 14.4 Å². The quantitative estimate of drug-likeness (QED) is 0.586. The number of hydrogen-bond acceptors (Lipinski definition) is 6. The summed E-state index contributed by atoms with van der Waals surface area (Å²) in [4.78, 5) is 43.7. The maximum absolute atomic E-state index is 13.8. The number of hydrogen-bond donors (Lipinski definition) is 0. The predicted octanol–water partition coefficient (Wildman–Crippen LogP) is 2.52. The van der Waals surface area contributed by atoms with Crippen LogP contribution in [0.5, 0.6) is 5.75 Å². The monoisotopic (exact) mass is 456 g/mol. The molecular weight excluding hydrogens is 424 g/mol. The van der Waals surface area contributed by atoms with E-state index in [1.807, 2.05) is 30.3 Å². The van der Waals surface area contributed by atoms with Gasteiger partial charge in [0.05, 0.1) is 39.4 Å². The van der Waals surface area contributed by atoms with Gasteiger partial charge in [-0.3, -0.25) is 14.4 Å². The summed E-state index contributed by atoms with van der Waals surface area (Å²) in [6.07, 6.45) is 4.04. The van der Waals surface area contributed by atoms with E-state index in [2.05, 4.69) is 0 Å². The molecule has 1 aliphatic carbocycles. The number of nitrogens with zero attached hydrogens (tertiary/aromatic N) is 2. The molecule has 0 spiro atoms. The first-order chi connectivity index (χ1) is 16.0. The molecule has 2 fully saturated rings. The van der Waals surface area contributed by atoms with Crippen molar-refractivity contribution in [3.8, 4) is 5.75 Å². The van der Waals surface area contributed by atoms with Gasteiger partial charge < -0.3 is 24.0 Å². The van der Waals surface area contributed by atoms with Gasteiger partial charge in [-0.05, 0) is 43.9 Å². The van der Waals surface area contributed by atoms with Gasteiger partial charge in [0.15, 0.2) is 0 Å². The molecule has 178 valence electrons. The first kappa shape index (κ1) is 23.3. The van der Waals surface area contributed by atoms with Gasteiger partial charge in [-0.2, -0.15) is 0 Å². The summed E-state index contributed by atoms with van der Waals surface area (Å²) in [7, 11) is 1.61. The standard InChI is InChI=1S/C25H32N2O6/c1-3-33-24(30)25-11-5-4-6-21(25)27(17-18-7-9-19(31-2)10-8-18)23(29)20(25)16-22(28)26-12-14-32-15-13-26/h6-10,20H,3-5,11-17H2,1-2H3/t20-,25-/m0/s1. The van der Waals surface area contributed by atoms with Crippen molar-refractivity contribution in [1.82, 2.24) is 9.80 Å². The van der Waals surface area contributed by atoms with E-state index in [1.165, 1.54) is 0 Å². The summed E-state index contributed by atoms with van der Waals surface area (Å²) in [6.45, 7) is 4.31. The molecular formula is C25H32N2O6. The third kappa shape index (κ3) is 4.36. The van der Waals surface area contributed by atoms with E-state index in [1.54, 1.807) is 23.8 Å². The number of carbonyl (C=O) groups is 3. The average Bonchev–Trinajstić information content (AvgIpc) is 3.09. The fourth-order valence-electron chi connectivity index (χ4n) is 5.21. The number of carbonyl (C=O) groups excluding carboxylic acids is 3. The number of allylic oxidation sites excluding steroid dienone is 1. The highest BCUT2D eigenvalue weighted by atomic mass is 16.5. The lowest BCUT2D eigenvalue weighted by Gasteiger charge is -2.36. The molecule has 2 heterocycles. The minimum absolute atomic E-state index is 0.00585. The molecule has 8 nitrogen and oxygen atoms in total. The fourth-order valence-corrected chi connectivity index (χ4v) is 5.21. The largest absolute Gasteiger partial charge is 0.497 e. The van der Waals surface area contributed by atoms with Crippen LogP contribution in [0.1, 0.15) is 38.2 Å². The van der Waals surface area contributed by atoms with Crippen molar-refractivity contribution in [2.45, 2.75) is 39.2 Å². The average molecular weight is 457 g/mol. The number of ether oxygens (including phenoxy) is 3. The zero-order valence-corrected chi connectivity index (χ0v) is 19.4. The van der Waals surface area contributed by atoms with Crippen molar-refractivity contribution in [2.75, 3.05) is 40.0 Å². The van der Waals surface area contributed by atoms with Gasteiger partial charge in [0.25, 0.3) is 0 Å². The Morgan fingerprint density at radius 1 is 1.18 bits per heavy atom. The first-order valence-electron chi connectivity index (χ1n) is 11.7. The third-order valence-electron chi connectivity index (χ3n) is 6.90. The first-order valence-corrected chi connectivity index (χ1v) is 11.7. The third-order valence-corrected chi connectivity index (χ3v) is 6.90. The fraction of sp³-hybridized carbons (Fsp3) is 0.560. The van der Waals surface area contributed by atoms with E-state index in [0.29, 0.717) is 45.0 Å². The van der Waals surface area contributed by atoms with Crippen molar-refractivity contribution in [3.05, 3.63) is 41.6 Å². The molecule has 0 bridgehead atoms. The van der Waals surface area contributed by atoms with Crippen LogP contribution in [0.15, 0.2) is 36.0 Å². The van der Waals surface area contributed by atoms with Crippen LogP contribution in [-0.2, 0) is 30.4 Å².